The van der Waals surface area contributed by atoms with Crippen molar-refractivity contribution in [2.75, 3.05) is 25.9 Å². The van der Waals surface area contributed by atoms with Crippen LogP contribution in [0.4, 0.5) is 5.82 Å². The molecule has 0 amide bonds. The second kappa shape index (κ2) is 4.34. The molecule has 3 rings (SSSR count). The number of likely N-dealkylation sites (N-methyl/N-ethyl adjacent to an activating group) is 1. The lowest BCUT2D eigenvalue weighted by molar-refractivity contribution is 0.0388. The van der Waals surface area contributed by atoms with Crippen molar-refractivity contribution in [1.82, 2.24) is 10.1 Å². The van der Waals surface area contributed by atoms with Crippen LogP contribution < -0.4 is 10.5 Å². The van der Waals surface area contributed by atoms with E-state index in [9.17, 15) is 0 Å². The van der Waals surface area contributed by atoms with Crippen LogP contribution in [0.2, 0.25) is 0 Å². The molecule has 1 aromatic heterocycles. The molecule has 2 heterocycles. The molecule has 1 saturated heterocycles. The number of ether oxygens (including phenoxy) is 1. The predicted molar refractivity (Wildman–Crippen MR) is 68.3 cm³/mol. The van der Waals surface area contributed by atoms with Crippen LogP contribution in [0.5, 0.6) is 5.75 Å². The number of nitrogens with zero attached hydrogens (tertiary/aromatic N) is 2. The van der Waals surface area contributed by atoms with Gasteiger partial charge in [0.1, 0.15) is 11.9 Å². The minimum Gasteiger partial charge on any atom is -0.488 e. The summed E-state index contributed by atoms with van der Waals surface area (Å²) in [4.78, 5) is 2.21. The number of hydrogen-bond acceptors (Lipinski definition) is 5. The van der Waals surface area contributed by atoms with Gasteiger partial charge in [-0.25, -0.2) is 0 Å². The van der Waals surface area contributed by atoms with Crippen LogP contribution in [0.1, 0.15) is 0 Å². The minimum atomic E-state index is 0.282. The molecular weight excluding hydrogens is 230 g/mol. The van der Waals surface area contributed by atoms with Crippen molar-refractivity contribution in [1.29, 1.82) is 0 Å². The van der Waals surface area contributed by atoms with E-state index in [1.807, 2.05) is 24.3 Å². The summed E-state index contributed by atoms with van der Waals surface area (Å²) in [6.07, 6.45) is 0.282. The SMILES string of the molecule is CN1CC(Oc2cccc(-c3cc(N)no3)c2)C1. The number of rotatable bonds is 3. The van der Waals surface area contributed by atoms with Crippen LogP contribution in [0, 0.1) is 0 Å². The molecule has 0 bridgehead atoms. The largest absolute Gasteiger partial charge is 0.488 e. The highest BCUT2D eigenvalue weighted by molar-refractivity contribution is 5.61. The molecular formula is C13H15N3O2. The van der Waals surface area contributed by atoms with Gasteiger partial charge in [-0.2, -0.15) is 0 Å². The molecule has 0 spiro atoms. The molecule has 18 heavy (non-hydrogen) atoms. The Morgan fingerprint density at radius 1 is 1.39 bits per heavy atom. The lowest BCUT2D eigenvalue weighted by Gasteiger charge is -2.36. The number of likely N-dealkylation sites (tertiary alicyclic amines) is 1. The van der Waals surface area contributed by atoms with Crippen molar-refractivity contribution in [3.8, 4) is 17.1 Å². The van der Waals surface area contributed by atoms with E-state index in [-0.39, 0.29) is 6.10 Å². The summed E-state index contributed by atoms with van der Waals surface area (Å²) in [5.41, 5.74) is 6.46. The quantitative estimate of drug-likeness (QED) is 0.890. The van der Waals surface area contributed by atoms with Crippen LogP contribution >= 0.6 is 0 Å². The molecule has 1 aliphatic rings. The molecule has 5 heteroatoms. The monoisotopic (exact) mass is 245 g/mol. The van der Waals surface area contributed by atoms with Gasteiger partial charge in [-0.1, -0.05) is 17.3 Å². The Labute approximate surface area is 105 Å². The second-order valence-electron chi connectivity index (χ2n) is 4.60. The first-order valence-electron chi connectivity index (χ1n) is 5.88. The van der Waals surface area contributed by atoms with E-state index in [2.05, 4.69) is 17.1 Å². The van der Waals surface area contributed by atoms with Crippen LogP contribution in [-0.4, -0.2) is 36.3 Å². The molecule has 1 aliphatic heterocycles. The van der Waals surface area contributed by atoms with Gasteiger partial charge in [0.25, 0.3) is 0 Å². The van der Waals surface area contributed by atoms with Crippen LogP contribution in [0.15, 0.2) is 34.9 Å². The smallest absolute Gasteiger partial charge is 0.169 e. The van der Waals surface area contributed by atoms with Gasteiger partial charge < -0.3 is 15.0 Å². The third-order valence-corrected chi connectivity index (χ3v) is 2.98. The Morgan fingerprint density at radius 2 is 2.22 bits per heavy atom. The maximum atomic E-state index is 5.85. The van der Waals surface area contributed by atoms with Crippen molar-refractivity contribution in [3.05, 3.63) is 30.3 Å². The summed E-state index contributed by atoms with van der Waals surface area (Å²) in [5.74, 6) is 1.89. The Hall–Kier alpha value is -2.01. The van der Waals surface area contributed by atoms with E-state index in [1.54, 1.807) is 6.07 Å². The topological polar surface area (TPSA) is 64.5 Å². The van der Waals surface area contributed by atoms with E-state index in [0.29, 0.717) is 11.6 Å². The summed E-state index contributed by atoms with van der Waals surface area (Å²) in [6.45, 7) is 1.94. The third kappa shape index (κ3) is 2.17. The first kappa shape index (κ1) is 11.1. The van der Waals surface area contributed by atoms with Crippen molar-refractivity contribution in [3.63, 3.8) is 0 Å². The van der Waals surface area contributed by atoms with E-state index in [0.717, 1.165) is 24.4 Å². The lowest BCUT2D eigenvalue weighted by Crippen LogP contribution is -2.51. The fourth-order valence-electron chi connectivity index (χ4n) is 2.06. The van der Waals surface area contributed by atoms with E-state index >= 15 is 0 Å². The number of hydrogen-bond donors (Lipinski definition) is 1. The molecule has 0 atom stereocenters. The molecule has 1 aromatic carbocycles. The molecule has 2 aromatic rings. The Balaban J connectivity index is 1.76. The molecule has 2 N–H and O–H groups in total. The number of nitrogens with two attached hydrogens (primary N) is 1. The summed E-state index contributed by atoms with van der Waals surface area (Å²) in [6, 6.07) is 9.47. The lowest BCUT2D eigenvalue weighted by atomic mass is 10.1. The van der Waals surface area contributed by atoms with Crippen molar-refractivity contribution in [2.45, 2.75) is 6.10 Å². The zero-order valence-corrected chi connectivity index (χ0v) is 10.2. The van der Waals surface area contributed by atoms with E-state index in [4.69, 9.17) is 15.0 Å². The van der Waals surface area contributed by atoms with Gasteiger partial charge in [-0.15, -0.1) is 0 Å². The molecule has 0 unspecified atom stereocenters. The molecule has 0 saturated carbocycles. The van der Waals surface area contributed by atoms with Crippen molar-refractivity contribution >= 4 is 5.82 Å². The number of aromatic nitrogens is 1. The maximum absolute atomic E-state index is 5.85. The zero-order chi connectivity index (χ0) is 12.5. The molecule has 0 aliphatic carbocycles. The summed E-state index contributed by atoms with van der Waals surface area (Å²) in [7, 11) is 2.08. The molecule has 1 fully saturated rings. The van der Waals surface area contributed by atoms with Gasteiger partial charge in [0.2, 0.25) is 0 Å². The Kier molecular flexibility index (Phi) is 2.68. The number of benzene rings is 1. The second-order valence-corrected chi connectivity index (χ2v) is 4.60. The number of nitrogen functional groups attached to an aromatic ring is 1. The molecule has 5 nitrogen and oxygen atoms in total. The zero-order valence-electron chi connectivity index (χ0n) is 10.2. The average Bonchev–Trinajstić information content (AvgIpc) is 2.74. The van der Waals surface area contributed by atoms with Gasteiger partial charge in [0, 0.05) is 24.7 Å². The highest BCUT2D eigenvalue weighted by Crippen LogP contribution is 2.26. The Morgan fingerprint density at radius 3 is 2.89 bits per heavy atom. The Bertz CT molecular complexity index is 547. The van der Waals surface area contributed by atoms with Crippen molar-refractivity contribution in [2.24, 2.45) is 0 Å². The first-order chi connectivity index (χ1) is 8.70. The highest BCUT2D eigenvalue weighted by Gasteiger charge is 2.24. The predicted octanol–water partition coefficient (Wildman–Crippen LogP) is 1.62. The minimum absolute atomic E-state index is 0.282. The average molecular weight is 245 g/mol. The summed E-state index contributed by atoms with van der Waals surface area (Å²) >= 11 is 0. The van der Waals surface area contributed by atoms with Gasteiger partial charge in [0.15, 0.2) is 11.6 Å². The third-order valence-electron chi connectivity index (χ3n) is 2.98. The standard InChI is InChI=1S/C13H15N3O2/c1-16-7-11(8-16)17-10-4-2-3-9(5-10)12-6-13(14)15-18-12/h2-6,11H,7-8H2,1H3,(H2,14,15). The van der Waals surface area contributed by atoms with E-state index in [1.165, 1.54) is 0 Å². The van der Waals surface area contributed by atoms with Crippen LogP contribution in [0.3, 0.4) is 0 Å². The van der Waals surface area contributed by atoms with Gasteiger partial charge in [-0.3, -0.25) is 4.90 Å². The van der Waals surface area contributed by atoms with Crippen LogP contribution in [0.25, 0.3) is 11.3 Å². The summed E-state index contributed by atoms with van der Waals surface area (Å²) in [5, 5.41) is 3.68. The van der Waals surface area contributed by atoms with Crippen LogP contribution in [-0.2, 0) is 0 Å². The normalized spacial score (nSPS) is 16.5. The fraction of sp³-hybridized carbons (Fsp3) is 0.308. The maximum Gasteiger partial charge on any atom is 0.169 e. The highest BCUT2D eigenvalue weighted by atomic mass is 16.5. The number of anilines is 1. The van der Waals surface area contributed by atoms with Gasteiger partial charge in [0.05, 0.1) is 0 Å². The van der Waals surface area contributed by atoms with Crippen molar-refractivity contribution < 1.29 is 9.26 Å². The molecule has 0 radical (unpaired) electrons. The van der Waals surface area contributed by atoms with E-state index < -0.39 is 0 Å². The fourth-order valence-corrected chi connectivity index (χ4v) is 2.06. The van der Waals surface area contributed by atoms with Gasteiger partial charge in [-0.05, 0) is 19.2 Å². The molecule has 94 valence electrons. The van der Waals surface area contributed by atoms with Gasteiger partial charge >= 0.3 is 0 Å². The first-order valence-corrected chi connectivity index (χ1v) is 5.88. The summed E-state index contributed by atoms with van der Waals surface area (Å²) < 4.78 is 11.0.